The lowest BCUT2D eigenvalue weighted by atomic mass is 10.0. The quantitative estimate of drug-likeness (QED) is 0.863. The summed E-state index contributed by atoms with van der Waals surface area (Å²) in [7, 11) is 0. The summed E-state index contributed by atoms with van der Waals surface area (Å²) in [6.45, 7) is 10.4. The van der Waals surface area contributed by atoms with Crippen LogP contribution in [0, 0.1) is 31.1 Å². The summed E-state index contributed by atoms with van der Waals surface area (Å²) in [6, 6.07) is 4.50. The number of pyridine rings is 1. The van der Waals surface area contributed by atoms with E-state index in [0.717, 1.165) is 23.5 Å². The van der Waals surface area contributed by atoms with E-state index in [1.54, 1.807) is 0 Å². The van der Waals surface area contributed by atoms with Crippen LogP contribution in [-0.2, 0) is 0 Å². The number of aryl methyl sites for hydroxylation is 2. The molecule has 0 saturated carbocycles. The average Bonchev–Trinajstić information content (AvgIpc) is 2.15. The molecule has 0 aliphatic rings. The largest absolute Gasteiger partial charge is 0.366 e. The van der Waals surface area contributed by atoms with Crippen LogP contribution in [0.5, 0.6) is 0 Å². The molecule has 1 N–H and O–H groups in total. The first-order valence-corrected chi connectivity index (χ1v) is 6.09. The van der Waals surface area contributed by atoms with Gasteiger partial charge in [-0.2, -0.15) is 5.26 Å². The highest BCUT2D eigenvalue weighted by atomic mass is 15.0. The van der Waals surface area contributed by atoms with E-state index in [0.29, 0.717) is 17.5 Å². The second-order valence-electron chi connectivity index (χ2n) is 5.09. The first-order chi connectivity index (χ1) is 7.93. The normalized spacial score (nSPS) is 12.3. The molecule has 0 amide bonds. The van der Waals surface area contributed by atoms with Gasteiger partial charge in [0.1, 0.15) is 11.9 Å². The fourth-order valence-corrected chi connectivity index (χ4v) is 2.08. The fraction of sp³-hybridized carbons (Fsp3) is 0.571. The highest BCUT2D eigenvalue weighted by Gasteiger charge is 2.11. The molecule has 17 heavy (non-hydrogen) atoms. The molecule has 1 aromatic rings. The molecule has 0 aliphatic carbocycles. The predicted molar refractivity (Wildman–Crippen MR) is 71.0 cm³/mol. The van der Waals surface area contributed by atoms with Gasteiger partial charge in [0.25, 0.3) is 0 Å². The van der Waals surface area contributed by atoms with Gasteiger partial charge in [-0.05, 0) is 44.7 Å². The molecule has 1 atom stereocenters. The van der Waals surface area contributed by atoms with Gasteiger partial charge in [-0.1, -0.05) is 13.8 Å². The molecule has 3 heteroatoms. The Kier molecular flexibility index (Phi) is 4.51. The average molecular weight is 231 g/mol. The zero-order chi connectivity index (χ0) is 13.0. The lowest BCUT2D eigenvalue weighted by Gasteiger charge is -2.18. The maximum absolute atomic E-state index is 9.15. The Morgan fingerprint density at radius 2 is 2.00 bits per heavy atom. The summed E-state index contributed by atoms with van der Waals surface area (Å²) in [5.41, 5.74) is 2.59. The van der Waals surface area contributed by atoms with Gasteiger partial charge in [0.15, 0.2) is 0 Å². The van der Waals surface area contributed by atoms with Crippen LogP contribution in [0.15, 0.2) is 6.07 Å². The number of nitrogens with one attached hydrogen (secondary N) is 1. The third-order valence-electron chi connectivity index (χ3n) is 2.66. The lowest BCUT2D eigenvalue weighted by molar-refractivity contribution is 0.538. The Hall–Kier alpha value is -1.56. The minimum Gasteiger partial charge on any atom is -0.366 e. The number of nitrogens with zero attached hydrogens (tertiary/aromatic N) is 2. The molecule has 1 unspecified atom stereocenters. The highest BCUT2D eigenvalue weighted by Crippen LogP contribution is 2.19. The summed E-state index contributed by atoms with van der Waals surface area (Å²) < 4.78 is 0. The Morgan fingerprint density at radius 3 is 2.53 bits per heavy atom. The maximum atomic E-state index is 9.15. The van der Waals surface area contributed by atoms with Crippen molar-refractivity contribution in [1.29, 1.82) is 5.26 Å². The van der Waals surface area contributed by atoms with Gasteiger partial charge in [0.05, 0.1) is 5.56 Å². The van der Waals surface area contributed by atoms with Gasteiger partial charge in [-0.25, -0.2) is 4.98 Å². The zero-order valence-corrected chi connectivity index (χ0v) is 11.3. The van der Waals surface area contributed by atoms with Crippen molar-refractivity contribution >= 4 is 5.82 Å². The van der Waals surface area contributed by atoms with Gasteiger partial charge in [-0.15, -0.1) is 0 Å². The molecule has 0 aliphatic heterocycles. The smallest absolute Gasteiger partial charge is 0.144 e. The molecule has 1 aromatic heterocycles. The molecule has 0 spiro atoms. The molecule has 3 nitrogen and oxygen atoms in total. The maximum Gasteiger partial charge on any atom is 0.144 e. The van der Waals surface area contributed by atoms with Crippen LogP contribution < -0.4 is 5.32 Å². The van der Waals surface area contributed by atoms with Crippen molar-refractivity contribution < 1.29 is 0 Å². The van der Waals surface area contributed by atoms with Crippen molar-refractivity contribution in [1.82, 2.24) is 4.98 Å². The third-order valence-corrected chi connectivity index (χ3v) is 2.66. The van der Waals surface area contributed by atoms with E-state index in [1.165, 1.54) is 0 Å². The standard InChI is InChI=1S/C14H21N3/c1-9(2)6-11(4)16-14-13(8-15)10(3)7-12(5)17-14/h7,9,11H,6H2,1-5H3,(H,16,17). The second-order valence-corrected chi connectivity index (χ2v) is 5.09. The van der Waals surface area contributed by atoms with Gasteiger partial charge < -0.3 is 5.32 Å². The number of hydrogen-bond acceptors (Lipinski definition) is 3. The van der Waals surface area contributed by atoms with E-state index in [-0.39, 0.29) is 0 Å². The number of hydrogen-bond donors (Lipinski definition) is 1. The second kappa shape index (κ2) is 5.67. The molecule has 92 valence electrons. The summed E-state index contributed by atoms with van der Waals surface area (Å²) in [4.78, 5) is 4.42. The van der Waals surface area contributed by atoms with Crippen LogP contribution in [0.2, 0.25) is 0 Å². The molecule has 1 rings (SSSR count). The Bertz CT molecular complexity index is 430. The molecule has 0 aromatic carbocycles. The zero-order valence-electron chi connectivity index (χ0n) is 11.3. The Morgan fingerprint density at radius 1 is 1.35 bits per heavy atom. The Balaban J connectivity index is 2.94. The molecule has 0 saturated heterocycles. The molecular weight excluding hydrogens is 210 g/mol. The van der Waals surface area contributed by atoms with E-state index in [9.17, 15) is 0 Å². The van der Waals surface area contributed by atoms with E-state index < -0.39 is 0 Å². The number of nitriles is 1. The topological polar surface area (TPSA) is 48.7 Å². The Labute approximate surface area is 104 Å². The first-order valence-electron chi connectivity index (χ1n) is 6.09. The van der Waals surface area contributed by atoms with Crippen molar-refractivity contribution in [3.05, 3.63) is 22.9 Å². The number of rotatable bonds is 4. The number of aromatic nitrogens is 1. The lowest BCUT2D eigenvalue weighted by Crippen LogP contribution is -2.19. The van der Waals surface area contributed by atoms with Crippen LogP contribution in [-0.4, -0.2) is 11.0 Å². The summed E-state index contributed by atoms with van der Waals surface area (Å²) in [6.07, 6.45) is 1.07. The molecular formula is C14H21N3. The monoisotopic (exact) mass is 231 g/mol. The SMILES string of the molecule is Cc1cc(C)c(C#N)c(NC(C)CC(C)C)n1. The van der Waals surface area contributed by atoms with Crippen molar-refractivity contribution in [2.45, 2.75) is 47.1 Å². The predicted octanol–water partition coefficient (Wildman–Crippen LogP) is 3.42. The van der Waals surface area contributed by atoms with Gasteiger partial charge in [0.2, 0.25) is 0 Å². The van der Waals surface area contributed by atoms with Gasteiger partial charge in [0, 0.05) is 11.7 Å². The van der Waals surface area contributed by atoms with Crippen molar-refractivity contribution in [3.8, 4) is 6.07 Å². The van der Waals surface area contributed by atoms with Crippen molar-refractivity contribution in [3.63, 3.8) is 0 Å². The van der Waals surface area contributed by atoms with E-state index in [1.807, 2.05) is 19.9 Å². The van der Waals surface area contributed by atoms with Crippen LogP contribution in [0.1, 0.15) is 44.0 Å². The van der Waals surface area contributed by atoms with E-state index >= 15 is 0 Å². The van der Waals surface area contributed by atoms with Gasteiger partial charge >= 0.3 is 0 Å². The molecule has 1 heterocycles. The third kappa shape index (κ3) is 3.74. The van der Waals surface area contributed by atoms with E-state index in [2.05, 4.69) is 37.1 Å². The van der Waals surface area contributed by atoms with Crippen LogP contribution in [0.4, 0.5) is 5.82 Å². The number of anilines is 1. The molecule has 0 bridgehead atoms. The molecule has 0 fully saturated rings. The fourth-order valence-electron chi connectivity index (χ4n) is 2.08. The summed E-state index contributed by atoms with van der Waals surface area (Å²) >= 11 is 0. The first kappa shape index (κ1) is 13.5. The van der Waals surface area contributed by atoms with Gasteiger partial charge in [-0.3, -0.25) is 0 Å². The summed E-state index contributed by atoms with van der Waals surface area (Å²) in [5, 5.41) is 12.5. The minimum atomic E-state index is 0.329. The van der Waals surface area contributed by atoms with Crippen LogP contribution >= 0.6 is 0 Å². The summed E-state index contributed by atoms with van der Waals surface area (Å²) in [5.74, 6) is 1.35. The highest BCUT2D eigenvalue weighted by molar-refractivity contribution is 5.56. The minimum absolute atomic E-state index is 0.329. The molecule has 0 radical (unpaired) electrons. The van der Waals surface area contributed by atoms with Crippen molar-refractivity contribution in [2.75, 3.05) is 5.32 Å². The van der Waals surface area contributed by atoms with Crippen LogP contribution in [0.25, 0.3) is 0 Å². The van der Waals surface area contributed by atoms with E-state index in [4.69, 9.17) is 5.26 Å². The van der Waals surface area contributed by atoms with Crippen LogP contribution in [0.3, 0.4) is 0 Å². The van der Waals surface area contributed by atoms with Crippen molar-refractivity contribution in [2.24, 2.45) is 5.92 Å².